The van der Waals surface area contributed by atoms with E-state index in [0.717, 1.165) is 24.3 Å². The van der Waals surface area contributed by atoms with Crippen LogP contribution >= 0.6 is 11.8 Å². The highest BCUT2D eigenvalue weighted by Gasteiger charge is 2.34. The fourth-order valence-corrected chi connectivity index (χ4v) is 2.96. The lowest BCUT2D eigenvalue weighted by Crippen LogP contribution is -2.31. The summed E-state index contributed by atoms with van der Waals surface area (Å²) < 4.78 is 0. The number of nitrogens with zero attached hydrogens (tertiary/aromatic N) is 1. The minimum atomic E-state index is -0.160. The molecular weight excluding hydrogens is 260 g/mol. The van der Waals surface area contributed by atoms with E-state index < -0.39 is 0 Å². The summed E-state index contributed by atoms with van der Waals surface area (Å²) in [5, 5.41) is 0. The van der Waals surface area contributed by atoms with Crippen LogP contribution in [0.2, 0.25) is 0 Å². The zero-order valence-corrected chi connectivity index (χ0v) is 11.6. The molecule has 0 aromatic heterocycles. The van der Waals surface area contributed by atoms with Crippen LogP contribution in [0.4, 0.5) is 0 Å². The molecule has 1 aliphatic rings. The number of imide groups is 1. The fraction of sp³-hybridized carbons (Fsp3) is 0.429. The molecule has 0 bridgehead atoms. The van der Waals surface area contributed by atoms with Crippen molar-refractivity contribution in [2.75, 3.05) is 24.6 Å². The molecule has 1 aliphatic heterocycles. The molecule has 5 heteroatoms. The lowest BCUT2D eigenvalue weighted by molar-refractivity contribution is 0.0655. The molecular formula is C14H18N2O2S. The van der Waals surface area contributed by atoms with E-state index in [9.17, 15) is 9.59 Å². The predicted molar refractivity (Wildman–Crippen MR) is 77.4 cm³/mol. The number of carbonyl (C=O) groups is 2. The van der Waals surface area contributed by atoms with Crippen LogP contribution in [0.5, 0.6) is 0 Å². The van der Waals surface area contributed by atoms with Crippen molar-refractivity contribution < 1.29 is 9.59 Å². The van der Waals surface area contributed by atoms with E-state index in [0.29, 0.717) is 24.2 Å². The Balaban J connectivity index is 1.83. The molecule has 1 aromatic rings. The number of benzene rings is 1. The van der Waals surface area contributed by atoms with Gasteiger partial charge in [-0.25, -0.2) is 0 Å². The molecule has 0 aliphatic carbocycles. The molecule has 1 heterocycles. The summed E-state index contributed by atoms with van der Waals surface area (Å²) in [6, 6.07) is 7.00. The number of hydrogen-bond acceptors (Lipinski definition) is 4. The van der Waals surface area contributed by atoms with Crippen molar-refractivity contribution in [1.82, 2.24) is 4.90 Å². The van der Waals surface area contributed by atoms with Gasteiger partial charge in [0, 0.05) is 6.54 Å². The van der Waals surface area contributed by atoms with Crippen LogP contribution in [0, 0.1) is 0 Å². The van der Waals surface area contributed by atoms with Crippen molar-refractivity contribution in [3.8, 4) is 0 Å². The molecule has 19 heavy (non-hydrogen) atoms. The first-order valence-electron chi connectivity index (χ1n) is 6.48. The van der Waals surface area contributed by atoms with Gasteiger partial charge in [0.15, 0.2) is 0 Å². The van der Waals surface area contributed by atoms with Crippen LogP contribution in [0.1, 0.15) is 33.6 Å². The van der Waals surface area contributed by atoms with Gasteiger partial charge >= 0.3 is 0 Å². The maximum absolute atomic E-state index is 12.1. The second-order valence-corrected chi connectivity index (χ2v) is 5.64. The molecule has 0 unspecified atom stereocenters. The summed E-state index contributed by atoms with van der Waals surface area (Å²) in [7, 11) is 0. The third kappa shape index (κ3) is 3.16. The van der Waals surface area contributed by atoms with Gasteiger partial charge in [-0.3, -0.25) is 14.5 Å². The second kappa shape index (κ2) is 6.73. The van der Waals surface area contributed by atoms with Crippen LogP contribution in [-0.4, -0.2) is 41.3 Å². The Kier molecular flexibility index (Phi) is 4.99. The van der Waals surface area contributed by atoms with Crippen LogP contribution < -0.4 is 5.73 Å². The first-order valence-corrected chi connectivity index (χ1v) is 7.64. The molecule has 1 aromatic carbocycles. The van der Waals surface area contributed by atoms with Crippen molar-refractivity contribution in [3.05, 3.63) is 35.4 Å². The highest BCUT2D eigenvalue weighted by molar-refractivity contribution is 7.99. The molecule has 0 fully saturated rings. The Hall–Kier alpha value is -1.33. The number of hydrogen-bond donors (Lipinski definition) is 1. The maximum atomic E-state index is 12.1. The Bertz CT molecular complexity index is 441. The zero-order chi connectivity index (χ0) is 13.7. The van der Waals surface area contributed by atoms with Crippen LogP contribution in [-0.2, 0) is 0 Å². The van der Waals surface area contributed by atoms with Crippen LogP contribution in [0.25, 0.3) is 0 Å². The van der Waals surface area contributed by atoms with Crippen molar-refractivity contribution >= 4 is 23.6 Å². The first-order chi connectivity index (χ1) is 9.25. The Labute approximate surface area is 117 Å². The van der Waals surface area contributed by atoms with E-state index >= 15 is 0 Å². The van der Waals surface area contributed by atoms with E-state index in [1.54, 1.807) is 24.3 Å². The fourth-order valence-electron chi connectivity index (χ4n) is 2.05. The van der Waals surface area contributed by atoms with E-state index in [1.165, 1.54) is 4.90 Å². The topological polar surface area (TPSA) is 63.4 Å². The average Bonchev–Trinajstić information content (AvgIpc) is 2.68. The van der Waals surface area contributed by atoms with Gasteiger partial charge in [-0.15, -0.1) is 0 Å². The van der Waals surface area contributed by atoms with E-state index in [1.807, 2.05) is 11.8 Å². The van der Waals surface area contributed by atoms with E-state index in [4.69, 9.17) is 5.73 Å². The highest BCUT2D eigenvalue weighted by Crippen LogP contribution is 2.22. The summed E-state index contributed by atoms with van der Waals surface area (Å²) in [5.41, 5.74) is 6.48. The van der Waals surface area contributed by atoms with Crippen molar-refractivity contribution in [1.29, 1.82) is 0 Å². The second-order valence-electron chi connectivity index (χ2n) is 4.42. The maximum Gasteiger partial charge on any atom is 0.261 e. The molecule has 2 amide bonds. The van der Waals surface area contributed by atoms with E-state index in [2.05, 4.69) is 0 Å². The van der Waals surface area contributed by atoms with Crippen LogP contribution in [0.15, 0.2) is 24.3 Å². The summed E-state index contributed by atoms with van der Waals surface area (Å²) in [6.07, 6.45) is 1.85. The molecule has 102 valence electrons. The van der Waals surface area contributed by atoms with Gasteiger partial charge in [0.1, 0.15) is 0 Å². The number of carbonyl (C=O) groups excluding carboxylic acids is 2. The van der Waals surface area contributed by atoms with Gasteiger partial charge in [0.25, 0.3) is 11.8 Å². The molecule has 0 radical (unpaired) electrons. The predicted octanol–water partition coefficient (Wildman–Crippen LogP) is 1.75. The molecule has 2 rings (SSSR count). The molecule has 2 N–H and O–H groups in total. The standard InChI is InChI=1S/C14H18N2O2S/c15-7-3-9-19-10-4-8-16-13(17)11-5-1-2-6-12(11)14(16)18/h1-2,5-6H,3-4,7-10,15H2. The SMILES string of the molecule is NCCCSCCCN1C(=O)c2ccccc2C1=O. The van der Waals surface area contributed by atoms with Crippen molar-refractivity contribution in [3.63, 3.8) is 0 Å². The lowest BCUT2D eigenvalue weighted by Gasteiger charge is -2.13. The van der Waals surface area contributed by atoms with Crippen molar-refractivity contribution in [2.24, 2.45) is 5.73 Å². The van der Waals surface area contributed by atoms with Gasteiger partial charge in [0.2, 0.25) is 0 Å². The molecule has 0 saturated heterocycles. The summed E-state index contributed by atoms with van der Waals surface area (Å²) in [5.74, 6) is 1.67. The molecule has 0 spiro atoms. The largest absolute Gasteiger partial charge is 0.330 e. The van der Waals surface area contributed by atoms with E-state index in [-0.39, 0.29) is 11.8 Å². The molecule has 0 atom stereocenters. The minimum Gasteiger partial charge on any atom is -0.330 e. The highest BCUT2D eigenvalue weighted by atomic mass is 32.2. The summed E-state index contributed by atoms with van der Waals surface area (Å²) in [6.45, 7) is 1.22. The molecule has 0 saturated carbocycles. The summed E-state index contributed by atoms with van der Waals surface area (Å²) >= 11 is 1.82. The summed E-state index contributed by atoms with van der Waals surface area (Å²) in [4.78, 5) is 25.5. The molecule has 4 nitrogen and oxygen atoms in total. The average molecular weight is 278 g/mol. The number of rotatable bonds is 7. The zero-order valence-electron chi connectivity index (χ0n) is 10.8. The Morgan fingerprint density at radius 3 is 2.16 bits per heavy atom. The van der Waals surface area contributed by atoms with Crippen LogP contribution in [0.3, 0.4) is 0 Å². The van der Waals surface area contributed by atoms with Gasteiger partial charge in [-0.2, -0.15) is 11.8 Å². The number of amides is 2. The number of nitrogens with two attached hydrogens (primary N) is 1. The number of fused-ring (bicyclic) bond motifs is 1. The number of thioether (sulfide) groups is 1. The Morgan fingerprint density at radius 1 is 1.00 bits per heavy atom. The smallest absolute Gasteiger partial charge is 0.261 e. The Morgan fingerprint density at radius 2 is 1.58 bits per heavy atom. The first kappa shape index (κ1) is 14.1. The minimum absolute atomic E-state index is 0.160. The third-order valence-corrected chi connectivity index (χ3v) is 4.20. The third-order valence-electron chi connectivity index (χ3n) is 3.04. The van der Waals surface area contributed by atoms with Gasteiger partial charge < -0.3 is 5.73 Å². The van der Waals surface area contributed by atoms with Crippen molar-refractivity contribution in [2.45, 2.75) is 12.8 Å². The quantitative estimate of drug-likeness (QED) is 0.610. The van der Waals surface area contributed by atoms with Gasteiger partial charge in [0.05, 0.1) is 11.1 Å². The monoisotopic (exact) mass is 278 g/mol. The van der Waals surface area contributed by atoms with Gasteiger partial charge in [-0.1, -0.05) is 12.1 Å². The normalized spacial score (nSPS) is 14.1. The lowest BCUT2D eigenvalue weighted by atomic mass is 10.1. The van der Waals surface area contributed by atoms with Gasteiger partial charge in [-0.05, 0) is 43.0 Å².